The van der Waals surface area contributed by atoms with Crippen LogP contribution < -0.4 is 26.2 Å². The van der Waals surface area contributed by atoms with Crippen molar-refractivity contribution in [3.63, 3.8) is 0 Å². The second-order valence-electron chi connectivity index (χ2n) is 34.0. The van der Waals surface area contributed by atoms with E-state index in [1.165, 1.54) is 142 Å². The van der Waals surface area contributed by atoms with Crippen LogP contribution in [0.15, 0.2) is 340 Å². The molecular weight excluding hydrogens is 1340 g/mol. The van der Waals surface area contributed by atoms with Crippen LogP contribution in [0, 0.1) is 0 Å². The molecule has 0 unspecified atom stereocenters. The molecule has 2 aromatic heterocycles. The summed E-state index contributed by atoms with van der Waals surface area (Å²) in [5.74, 6) is 0. The smallest absolute Gasteiger partial charge is 0.252 e. The quantitative estimate of drug-likeness (QED) is 0.141. The van der Waals surface area contributed by atoms with Gasteiger partial charge in [-0.1, -0.05) is 341 Å². The van der Waals surface area contributed by atoms with Crippen molar-refractivity contribution in [2.24, 2.45) is 0 Å². The van der Waals surface area contributed by atoms with Crippen LogP contribution in [0.1, 0.15) is 79.0 Å². The third-order valence-electron chi connectivity index (χ3n) is 24.2. The molecule has 19 aromatic rings. The van der Waals surface area contributed by atoms with E-state index >= 15 is 0 Å². The largest absolute Gasteiger partial charge is 0.310 e. The van der Waals surface area contributed by atoms with Crippen LogP contribution in [0.2, 0.25) is 0 Å². The van der Waals surface area contributed by atoms with Gasteiger partial charge in [0.05, 0.1) is 33.4 Å². The first kappa shape index (κ1) is 66.3. The van der Waals surface area contributed by atoms with Gasteiger partial charge in [-0.05, 0) is 154 Å². The maximum atomic E-state index is 2.76. The van der Waals surface area contributed by atoms with Gasteiger partial charge in [-0.25, -0.2) is 0 Å². The second-order valence-corrected chi connectivity index (χ2v) is 34.0. The molecule has 4 heterocycles. The Morgan fingerprint density at radius 3 is 0.766 bits per heavy atom. The molecule has 0 spiro atoms. The zero-order chi connectivity index (χ0) is 74.9. The fourth-order valence-electron chi connectivity index (χ4n) is 18.7. The topological polar surface area (TPSA) is 16.3 Å². The van der Waals surface area contributed by atoms with Crippen molar-refractivity contribution in [3.8, 4) is 55.9 Å². The van der Waals surface area contributed by atoms with Crippen LogP contribution in [0.5, 0.6) is 0 Å². The molecule has 2 aliphatic heterocycles. The van der Waals surface area contributed by atoms with Crippen LogP contribution in [0.25, 0.3) is 143 Å². The Bertz CT molecular complexity index is 6340. The number of rotatable bonds is 8. The molecule has 530 valence electrons. The minimum absolute atomic E-state index is 0.213. The predicted molar refractivity (Wildman–Crippen MR) is 477 cm³/mol. The number of nitrogens with zero attached hydrogens (tertiary/aromatic N) is 4. The van der Waals surface area contributed by atoms with Gasteiger partial charge in [-0.15, -0.1) is 0 Å². The van der Waals surface area contributed by atoms with Crippen molar-refractivity contribution in [1.82, 2.24) is 9.13 Å². The Morgan fingerprint density at radius 1 is 0.225 bits per heavy atom. The predicted octanol–water partition coefficient (Wildman–Crippen LogP) is 27.1. The molecule has 21 rings (SSSR count). The fraction of sp³-hybridized carbons (Fsp3) is 0.113. The van der Waals surface area contributed by atoms with Gasteiger partial charge >= 0.3 is 0 Å². The number of hydrogen-bond acceptors (Lipinski definition) is 2. The fourth-order valence-corrected chi connectivity index (χ4v) is 18.7. The number of anilines is 6. The van der Waals surface area contributed by atoms with Gasteiger partial charge in [-0.3, -0.25) is 0 Å². The van der Waals surface area contributed by atoms with E-state index in [0.717, 1.165) is 67.8 Å². The Morgan fingerprint density at radius 2 is 0.486 bits per heavy atom. The molecule has 0 aliphatic carbocycles. The van der Waals surface area contributed by atoms with Gasteiger partial charge in [0.15, 0.2) is 0 Å². The van der Waals surface area contributed by atoms with Crippen molar-refractivity contribution in [2.45, 2.75) is 78.6 Å². The first-order chi connectivity index (χ1) is 54.0. The molecule has 0 radical (unpaired) electrons. The molecule has 17 aromatic carbocycles. The molecule has 0 bridgehead atoms. The number of aromatic nitrogens is 2. The second kappa shape index (κ2) is 24.8. The Hall–Kier alpha value is -13.0. The van der Waals surface area contributed by atoms with E-state index in [4.69, 9.17) is 0 Å². The summed E-state index contributed by atoms with van der Waals surface area (Å²) in [4.78, 5) is 5.52. The summed E-state index contributed by atoms with van der Waals surface area (Å²) in [5, 5.41) is 14.6. The summed E-state index contributed by atoms with van der Waals surface area (Å²) in [6, 6.07) is 130. The van der Waals surface area contributed by atoms with E-state index in [1.807, 2.05) is 0 Å². The minimum Gasteiger partial charge on any atom is -0.310 e. The summed E-state index contributed by atoms with van der Waals surface area (Å²) in [6.07, 6.45) is 0. The standard InChI is InChI=1S/C106H83BN4/c1-104(2,3)74-58-87(66-30-14-10-15-31-66)102(88(59-74)67-32-16-11-17-33-67)110-93-64-77(108-98-79-42-26-22-38-70(79)46-52-83(98)84-53-47-71-39-23-27-43-80(71)99(84)108)50-56-91(93)107-92-57-51-78(109-100-81-44-28-24-40-72(81)48-54-85(100)86-55-49-73-41-25-29-45-82(73)101(86)109)65-94(92)111(96-63-76(106(7,8)9)62-95(110)97(96)107)103-89(68-34-18-12-19-35-68)60-75(105(4,5)6)61-90(103)69-36-20-13-21-37-69/h10-65H,1-9H3. The average molecular weight is 1420 g/mol. The summed E-state index contributed by atoms with van der Waals surface area (Å²) in [6.45, 7) is 21.2. The third-order valence-corrected chi connectivity index (χ3v) is 24.2. The third kappa shape index (κ3) is 10.3. The Kier molecular flexibility index (Phi) is 14.8. The SMILES string of the molecule is CC(C)(C)c1cc(-c2ccccc2)c(N2c3cc(-n4c5c6ccccc6ccc5c5ccc6ccccc6c54)ccc3B3c4ccc(-n5c6c7ccccc7ccc6c6ccc7ccccc7c65)cc4N(c4c(-c5ccccc5)cc(C(C)(C)C)cc4-c4ccccc4)c4cc(C(C)(C)C)cc2c43)c(-c2ccccc2)c1. The van der Waals surface area contributed by atoms with Crippen LogP contribution in [0.4, 0.5) is 34.1 Å². The van der Waals surface area contributed by atoms with Gasteiger partial charge in [0, 0.05) is 99.5 Å². The molecule has 2 aliphatic rings. The van der Waals surface area contributed by atoms with E-state index in [0.29, 0.717) is 0 Å². The normalized spacial score (nSPS) is 13.0. The van der Waals surface area contributed by atoms with Crippen molar-refractivity contribution < 1.29 is 0 Å². The minimum atomic E-state index is -0.361. The first-order valence-electron chi connectivity index (χ1n) is 39.3. The molecule has 5 heteroatoms. The number of benzene rings is 17. The van der Waals surface area contributed by atoms with Crippen molar-refractivity contribution >= 4 is 144 Å². The summed E-state index contributed by atoms with van der Waals surface area (Å²) < 4.78 is 5.25. The van der Waals surface area contributed by atoms with Crippen LogP contribution in [-0.4, -0.2) is 15.8 Å². The van der Waals surface area contributed by atoms with Gasteiger partial charge in [0.2, 0.25) is 0 Å². The van der Waals surface area contributed by atoms with Crippen molar-refractivity contribution in [1.29, 1.82) is 0 Å². The molecular formula is C106H83BN4. The highest BCUT2D eigenvalue weighted by Gasteiger charge is 2.47. The molecule has 0 saturated carbocycles. The monoisotopic (exact) mass is 1420 g/mol. The Labute approximate surface area is 649 Å². The van der Waals surface area contributed by atoms with E-state index < -0.39 is 0 Å². The maximum Gasteiger partial charge on any atom is 0.252 e. The molecule has 0 saturated heterocycles. The highest BCUT2D eigenvalue weighted by Crippen LogP contribution is 2.56. The number of fused-ring (bicyclic) bond motifs is 18. The van der Waals surface area contributed by atoms with E-state index in [1.54, 1.807) is 0 Å². The molecule has 0 N–H and O–H groups in total. The zero-order valence-corrected chi connectivity index (χ0v) is 64.2. The zero-order valence-electron chi connectivity index (χ0n) is 64.2. The molecule has 0 atom stereocenters. The lowest BCUT2D eigenvalue weighted by Crippen LogP contribution is -2.61. The maximum absolute atomic E-state index is 2.76. The van der Waals surface area contributed by atoms with E-state index in [-0.39, 0.29) is 23.0 Å². The summed E-state index contributed by atoms with van der Waals surface area (Å²) in [7, 11) is 0. The average Bonchev–Trinajstić information content (AvgIpc) is 0.734. The first-order valence-corrected chi connectivity index (χ1v) is 39.3. The van der Waals surface area contributed by atoms with Crippen LogP contribution in [-0.2, 0) is 16.2 Å². The Balaban J connectivity index is 0.969. The highest BCUT2D eigenvalue weighted by atomic mass is 15.2. The lowest BCUT2D eigenvalue weighted by Gasteiger charge is -2.47. The van der Waals surface area contributed by atoms with E-state index in [2.05, 4.69) is 421 Å². The van der Waals surface area contributed by atoms with Gasteiger partial charge in [-0.2, -0.15) is 0 Å². The highest BCUT2D eigenvalue weighted by molar-refractivity contribution is 7.00. The van der Waals surface area contributed by atoms with Gasteiger partial charge in [0.25, 0.3) is 6.71 Å². The van der Waals surface area contributed by atoms with Crippen LogP contribution in [0.3, 0.4) is 0 Å². The lowest BCUT2D eigenvalue weighted by molar-refractivity contribution is 0.590. The number of hydrogen-bond donors (Lipinski definition) is 0. The van der Waals surface area contributed by atoms with Gasteiger partial charge in [0.1, 0.15) is 0 Å². The summed E-state index contributed by atoms with van der Waals surface area (Å²) >= 11 is 0. The molecule has 4 nitrogen and oxygen atoms in total. The summed E-state index contributed by atoms with van der Waals surface area (Å²) in [5.41, 5.74) is 29.7. The molecule has 0 amide bonds. The molecule has 111 heavy (non-hydrogen) atoms. The molecule has 0 fully saturated rings. The van der Waals surface area contributed by atoms with E-state index in [9.17, 15) is 0 Å². The van der Waals surface area contributed by atoms with Crippen molar-refractivity contribution in [3.05, 3.63) is 356 Å². The van der Waals surface area contributed by atoms with Crippen LogP contribution >= 0.6 is 0 Å². The lowest BCUT2D eigenvalue weighted by atomic mass is 9.33. The van der Waals surface area contributed by atoms with Gasteiger partial charge < -0.3 is 18.9 Å². The van der Waals surface area contributed by atoms with Crippen molar-refractivity contribution in [2.75, 3.05) is 9.80 Å².